The summed E-state index contributed by atoms with van der Waals surface area (Å²) in [5, 5.41) is 21.8. The predicted octanol–water partition coefficient (Wildman–Crippen LogP) is 3.20. The average Bonchev–Trinajstić information content (AvgIpc) is 2.76. The van der Waals surface area contributed by atoms with E-state index in [1.165, 1.54) is 18.2 Å². The molecule has 2 N–H and O–H groups in total. The van der Waals surface area contributed by atoms with Gasteiger partial charge in [-0.05, 0) is 71.1 Å². The van der Waals surface area contributed by atoms with E-state index in [0.29, 0.717) is 16.3 Å². The van der Waals surface area contributed by atoms with Gasteiger partial charge < -0.3 is 29.2 Å². The molecule has 9 heteroatoms. The fraction of sp³-hybridized carbons (Fsp3) is 0.318. The van der Waals surface area contributed by atoms with E-state index in [-0.39, 0.29) is 13.2 Å². The van der Waals surface area contributed by atoms with Crippen LogP contribution >= 0.6 is 34.2 Å². The Hall–Kier alpha value is -1.69. The van der Waals surface area contributed by atoms with Crippen molar-refractivity contribution in [3.8, 4) is 5.75 Å². The van der Waals surface area contributed by atoms with Crippen LogP contribution in [0.5, 0.6) is 5.75 Å². The van der Waals surface area contributed by atoms with Crippen LogP contribution in [-0.4, -0.2) is 60.1 Å². The highest BCUT2D eigenvalue weighted by Crippen LogP contribution is 2.27. The van der Waals surface area contributed by atoms with E-state index in [4.69, 9.17) is 30.5 Å². The second-order valence-electron chi connectivity index (χ2n) is 6.79. The van der Waals surface area contributed by atoms with Gasteiger partial charge in [0.25, 0.3) is 0 Å². The number of carbonyl (C=O) groups excluding carboxylic acids is 1. The lowest BCUT2D eigenvalue weighted by molar-refractivity contribution is -0.284. The van der Waals surface area contributed by atoms with E-state index >= 15 is 0 Å². The molecule has 5 atom stereocenters. The van der Waals surface area contributed by atoms with E-state index in [1.54, 1.807) is 24.3 Å². The van der Waals surface area contributed by atoms with Gasteiger partial charge in [-0.25, -0.2) is 4.79 Å². The summed E-state index contributed by atoms with van der Waals surface area (Å²) in [4.78, 5) is 12.3. The van der Waals surface area contributed by atoms with Crippen LogP contribution in [0.3, 0.4) is 0 Å². The summed E-state index contributed by atoms with van der Waals surface area (Å²) in [6, 6.07) is 13.4. The minimum atomic E-state index is -1.28. The molecule has 7 nitrogen and oxygen atoms in total. The van der Waals surface area contributed by atoms with Crippen molar-refractivity contribution >= 4 is 40.2 Å². The van der Waals surface area contributed by atoms with Crippen LogP contribution in [0.2, 0.25) is 5.02 Å². The fourth-order valence-electron chi connectivity index (χ4n) is 2.99. The first-order valence-electron chi connectivity index (χ1n) is 9.48. The van der Waals surface area contributed by atoms with E-state index in [2.05, 4.69) is 29.2 Å². The molecule has 0 bridgehead atoms. The zero-order chi connectivity index (χ0) is 22.4. The lowest BCUT2D eigenvalue weighted by Gasteiger charge is -2.41. The normalized spacial score (nSPS) is 25.6. The lowest BCUT2D eigenvalue weighted by atomic mass is 9.99. The highest BCUT2D eigenvalue weighted by atomic mass is 127. The number of aliphatic hydroxyl groups is 2. The number of rotatable bonds is 8. The summed E-state index contributed by atoms with van der Waals surface area (Å²) in [6.07, 6.45) is -4.19. The Labute approximate surface area is 198 Å². The van der Waals surface area contributed by atoms with Gasteiger partial charge in [-0.15, -0.1) is 6.58 Å². The van der Waals surface area contributed by atoms with Crippen LogP contribution in [0.4, 0.5) is 0 Å². The zero-order valence-electron chi connectivity index (χ0n) is 16.4. The Balaban J connectivity index is 1.70. The first-order chi connectivity index (χ1) is 14.9. The smallest absolute Gasteiger partial charge is 0.338 e. The molecule has 0 saturated carbocycles. The first kappa shape index (κ1) is 24.0. The van der Waals surface area contributed by atoms with Crippen LogP contribution in [0.1, 0.15) is 10.4 Å². The minimum Gasteiger partial charge on any atom is -0.462 e. The van der Waals surface area contributed by atoms with Crippen molar-refractivity contribution in [2.24, 2.45) is 0 Å². The van der Waals surface area contributed by atoms with Crippen LogP contribution in [0, 0.1) is 3.57 Å². The van der Waals surface area contributed by atoms with Crippen molar-refractivity contribution in [3.05, 3.63) is 75.3 Å². The molecule has 0 aromatic heterocycles. The molecule has 0 aliphatic carbocycles. The van der Waals surface area contributed by atoms with E-state index in [0.717, 1.165) is 3.57 Å². The third kappa shape index (κ3) is 6.41. The van der Waals surface area contributed by atoms with Gasteiger partial charge in [0.05, 0.1) is 12.2 Å². The Kier molecular flexibility index (Phi) is 8.70. The second kappa shape index (κ2) is 11.3. The molecule has 1 heterocycles. The quantitative estimate of drug-likeness (QED) is 0.291. The minimum absolute atomic E-state index is 0.103. The number of esters is 1. The summed E-state index contributed by atoms with van der Waals surface area (Å²) in [5.41, 5.74) is 0.306. The molecule has 1 fully saturated rings. The Morgan fingerprint density at radius 2 is 1.81 bits per heavy atom. The third-order valence-corrected chi connectivity index (χ3v) is 5.54. The van der Waals surface area contributed by atoms with Crippen molar-refractivity contribution in [1.82, 2.24) is 0 Å². The van der Waals surface area contributed by atoms with Gasteiger partial charge in [0.1, 0.15) is 36.8 Å². The van der Waals surface area contributed by atoms with Crippen molar-refractivity contribution in [2.75, 3.05) is 13.2 Å². The molecule has 0 radical (unpaired) electrons. The van der Waals surface area contributed by atoms with Crippen LogP contribution in [0.15, 0.2) is 61.2 Å². The number of halogens is 2. The first-order valence-corrected chi connectivity index (χ1v) is 10.9. The van der Waals surface area contributed by atoms with Gasteiger partial charge in [0, 0.05) is 8.59 Å². The highest BCUT2D eigenvalue weighted by Gasteiger charge is 2.47. The Morgan fingerprint density at radius 3 is 2.45 bits per heavy atom. The fourth-order valence-corrected chi connectivity index (χ4v) is 3.47. The highest BCUT2D eigenvalue weighted by molar-refractivity contribution is 14.1. The summed E-state index contributed by atoms with van der Waals surface area (Å²) in [7, 11) is 0. The monoisotopic (exact) mass is 560 g/mol. The second-order valence-corrected chi connectivity index (χ2v) is 8.47. The summed E-state index contributed by atoms with van der Waals surface area (Å²) in [5.74, 6) is -0.127. The standard InChI is InChI=1S/C22H22ClIO7/c1-2-11-28-20-18(25)17(12-29-21(27)13-3-5-14(23)6-4-13)31-22(19(20)26)30-16-9-7-15(24)8-10-16/h2-10,17-20,22,25-26H,1,11-12H2/t17-,18-,19-,20+,22-/m1/s1. The molecule has 0 unspecified atom stereocenters. The van der Waals surface area contributed by atoms with Crippen molar-refractivity contribution < 1.29 is 34.0 Å². The van der Waals surface area contributed by atoms with E-state index in [1.807, 2.05) is 12.1 Å². The summed E-state index contributed by atoms with van der Waals surface area (Å²) in [6.45, 7) is 3.41. The topological polar surface area (TPSA) is 94.5 Å². The van der Waals surface area contributed by atoms with E-state index in [9.17, 15) is 15.0 Å². The number of ether oxygens (including phenoxy) is 4. The molecule has 166 valence electrons. The lowest BCUT2D eigenvalue weighted by Crippen LogP contribution is -2.61. The van der Waals surface area contributed by atoms with Crippen molar-refractivity contribution in [2.45, 2.75) is 30.7 Å². The predicted molar refractivity (Wildman–Crippen MR) is 122 cm³/mol. The average molecular weight is 561 g/mol. The maximum atomic E-state index is 12.3. The van der Waals surface area contributed by atoms with Gasteiger partial charge in [-0.1, -0.05) is 17.7 Å². The van der Waals surface area contributed by atoms with Crippen molar-refractivity contribution in [3.63, 3.8) is 0 Å². The number of benzene rings is 2. The van der Waals surface area contributed by atoms with Gasteiger partial charge >= 0.3 is 5.97 Å². The number of hydrogen-bond acceptors (Lipinski definition) is 7. The number of hydrogen-bond donors (Lipinski definition) is 2. The third-order valence-electron chi connectivity index (χ3n) is 4.57. The molecule has 3 rings (SSSR count). The molecule has 31 heavy (non-hydrogen) atoms. The molecule has 0 amide bonds. The number of aliphatic hydroxyl groups excluding tert-OH is 2. The molecule has 2 aromatic carbocycles. The van der Waals surface area contributed by atoms with Gasteiger partial charge in [-0.2, -0.15) is 0 Å². The van der Waals surface area contributed by atoms with Crippen LogP contribution < -0.4 is 4.74 Å². The largest absolute Gasteiger partial charge is 0.462 e. The molecule has 1 saturated heterocycles. The Bertz CT molecular complexity index is 874. The SMILES string of the molecule is C=CCO[C@@H]1[C@@H](O)[C@H](Oc2ccc(I)cc2)O[C@H](COC(=O)c2ccc(Cl)cc2)[C@H]1O. The molecule has 1 aliphatic heterocycles. The summed E-state index contributed by atoms with van der Waals surface area (Å²) < 4.78 is 23.4. The molecular weight excluding hydrogens is 539 g/mol. The molecule has 0 spiro atoms. The van der Waals surface area contributed by atoms with Gasteiger partial charge in [0.2, 0.25) is 6.29 Å². The van der Waals surface area contributed by atoms with Crippen molar-refractivity contribution in [1.29, 1.82) is 0 Å². The maximum Gasteiger partial charge on any atom is 0.338 e. The Morgan fingerprint density at radius 1 is 1.13 bits per heavy atom. The number of carbonyl (C=O) groups is 1. The van der Waals surface area contributed by atoms with Crippen LogP contribution in [0.25, 0.3) is 0 Å². The van der Waals surface area contributed by atoms with Gasteiger partial charge in [0.15, 0.2) is 0 Å². The maximum absolute atomic E-state index is 12.3. The van der Waals surface area contributed by atoms with Crippen LogP contribution in [-0.2, 0) is 14.2 Å². The van der Waals surface area contributed by atoms with Gasteiger partial charge in [-0.3, -0.25) is 0 Å². The molecular formula is C22H22ClIO7. The zero-order valence-corrected chi connectivity index (χ0v) is 19.3. The summed E-state index contributed by atoms with van der Waals surface area (Å²) >= 11 is 8.00. The van der Waals surface area contributed by atoms with E-state index < -0.39 is 36.7 Å². The molecule has 1 aliphatic rings. The molecule has 2 aromatic rings.